The molecular formula is C19H22N2O4S. The van der Waals surface area contributed by atoms with Gasteiger partial charge in [0.1, 0.15) is 0 Å². The zero-order valence-corrected chi connectivity index (χ0v) is 15.8. The lowest BCUT2D eigenvalue weighted by atomic mass is 10.1. The molecule has 0 saturated carbocycles. The standard InChI is InChI=1S/C19H22N2O4S/c1-21(2)19(23)16-9-7-14(8-10-16)12-20-18(22)17-6-4-5-15(11-17)13-26(3,24)25/h4-11H,12-13H2,1-3H3,(H,20,22). The molecule has 138 valence electrons. The van der Waals surface area contributed by atoms with Crippen molar-refractivity contribution >= 4 is 21.7 Å². The topological polar surface area (TPSA) is 83.6 Å². The number of sulfone groups is 1. The Bertz CT molecular complexity index is 903. The van der Waals surface area contributed by atoms with Gasteiger partial charge in [0.25, 0.3) is 11.8 Å². The molecule has 0 radical (unpaired) electrons. The lowest BCUT2D eigenvalue weighted by molar-refractivity contribution is 0.0827. The average molecular weight is 374 g/mol. The molecule has 0 aromatic heterocycles. The van der Waals surface area contributed by atoms with Gasteiger partial charge in [-0.3, -0.25) is 9.59 Å². The zero-order valence-electron chi connectivity index (χ0n) is 15.0. The number of nitrogens with zero attached hydrogens (tertiary/aromatic N) is 1. The van der Waals surface area contributed by atoms with E-state index in [0.29, 0.717) is 23.2 Å². The van der Waals surface area contributed by atoms with Crippen LogP contribution in [0.4, 0.5) is 0 Å². The molecule has 0 aliphatic carbocycles. The van der Waals surface area contributed by atoms with Crippen molar-refractivity contribution < 1.29 is 18.0 Å². The largest absolute Gasteiger partial charge is 0.348 e. The third-order valence-corrected chi connectivity index (χ3v) is 4.54. The highest BCUT2D eigenvalue weighted by Crippen LogP contribution is 2.10. The maximum atomic E-state index is 12.3. The van der Waals surface area contributed by atoms with Crippen LogP contribution in [0.25, 0.3) is 0 Å². The summed E-state index contributed by atoms with van der Waals surface area (Å²) in [5, 5.41) is 2.79. The van der Waals surface area contributed by atoms with Crippen LogP contribution < -0.4 is 5.32 Å². The Morgan fingerprint density at radius 2 is 1.62 bits per heavy atom. The highest BCUT2D eigenvalue weighted by molar-refractivity contribution is 7.89. The molecule has 2 aromatic carbocycles. The Balaban J connectivity index is 2.00. The molecule has 2 aromatic rings. The number of rotatable bonds is 6. The number of carbonyl (C=O) groups excluding carboxylic acids is 2. The zero-order chi connectivity index (χ0) is 19.3. The monoisotopic (exact) mass is 374 g/mol. The van der Waals surface area contributed by atoms with Gasteiger partial charge in [-0.05, 0) is 35.4 Å². The fraction of sp³-hybridized carbons (Fsp3) is 0.263. The van der Waals surface area contributed by atoms with Gasteiger partial charge in [-0.15, -0.1) is 0 Å². The average Bonchev–Trinajstić information content (AvgIpc) is 2.58. The second kappa shape index (κ2) is 8.14. The molecule has 7 heteroatoms. The summed E-state index contributed by atoms with van der Waals surface area (Å²) in [5.74, 6) is -0.466. The van der Waals surface area contributed by atoms with Crippen LogP contribution >= 0.6 is 0 Å². The third-order valence-electron chi connectivity index (χ3n) is 3.68. The van der Waals surface area contributed by atoms with Crippen molar-refractivity contribution in [3.63, 3.8) is 0 Å². The molecule has 0 bridgehead atoms. The van der Waals surface area contributed by atoms with Crippen molar-refractivity contribution in [1.29, 1.82) is 0 Å². The quantitative estimate of drug-likeness (QED) is 0.837. The molecule has 0 heterocycles. The van der Waals surface area contributed by atoms with Crippen molar-refractivity contribution in [2.45, 2.75) is 12.3 Å². The number of hydrogen-bond donors (Lipinski definition) is 1. The summed E-state index contributed by atoms with van der Waals surface area (Å²) in [5.41, 5.74) is 2.43. The molecular weight excluding hydrogens is 352 g/mol. The van der Waals surface area contributed by atoms with Crippen molar-refractivity contribution in [2.75, 3.05) is 20.4 Å². The third kappa shape index (κ3) is 5.70. The van der Waals surface area contributed by atoms with Gasteiger partial charge in [0.05, 0.1) is 5.75 Å². The van der Waals surface area contributed by atoms with E-state index < -0.39 is 9.84 Å². The second-order valence-corrected chi connectivity index (χ2v) is 8.49. The minimum atomic E-state index is -3.15. The first-order valence-corrected chi connectivity index (χ1v) is 10.1. The minimum absolute atomic E-state index is 0.0803. The van der Waals surface area contributed by atoms with E-state index in [1.807, 2.05) is 0 Å². The predicted molar refractivity (Wildman–Crippen MR) is 101 cm³/mol. The molecule has 0 atom stereocenters. The molecule has 6 nitrogen and oxygen atoms in total. The number of hydrogen-bond acceptors (Lipinski definition) is 4. The van der Waals surface area contributed by atoms with Crippen molar-refractivity contribution in [1.82, 2.24) is 10.2 Å². The molecule has 0 fully saturated rings. The molecule has 0 aliphatic rings. The van der Waals surface area contributed by atoms with Gasteiger partial charge in [-0.2, -0.15) is 0 Å². The van der Waals surface area contributed by atoms with Crippen LogP contribution in [0.2, 0.25) is 0 Å². The van der Waals surface area contributed by atoms with Gasteiger partial charge >= 0.3 is 0 Å². The summed E-state index contributed by atoms with van der Waals surface area (Å²) in [7, 11) is 0.223. The van der Waals surface area contributed by atoms with Crippen molar-refractivity contribution in [3.05, 3.63) is 70.8 Å². The van der Waals surface area contributed by atoms with Crippen LogP contribution in [-0.2, 0) is 22.1 Å². The summed E-state index contributed by atoms with van der Waals surface area (Å²) in [4.78, 5) is 25.6. The van der Waals surface area contributed by atoms with E-state index in [1.165, 1.54) is 4.90 Å². The lowest BCUT2D eigenvalue weighted by Gasteiger charge is -2.11. The maximum absolute atomic E-state index is 12.3. The van der Waals surface area contributed by atoms with Crippen LogP contribution in [-0.4, -0.2) is 45.5 Å². The van der Waals surface area contributed by atoms with E-state index in [0.717, 1.165) is 11.8 Å². The van der Waals surface area contributed by atoms with Crippen molar-refractivity contribution in [3.8, 4) is 0 Å². The Hall–Kier alpha value is -2.67. The van der Waals surface area contributed by atoms with Crippen LogP contribution in [0.1, 0.15) is 31.8 Å². The predicted octanol–water partition coefficient (Wildman–Crippen LogP) is 1.86. The minimum Gasteiger partial charge on any atom is -0.348 e. The summed E-state index contributed by atoms with van der Waals surface area (Å²) in [6.07, 6.45) is 1.16. The van der Waals surface area contributed by atoms with Gasteiger partial charge < -0.3 is 10.2 Å². The number of benzene rings is 2. The van der Waals surface area contributed by atoms with E-state index >= 15 is 0 Å². The number of nitrogens with one attached hydrogen (secondary N) is 1. The summed E-state index contributed by atoms with van der Waals surface area (Å²) in [6, 6.07) is 13.6. The Morgan fingerprint density at radius 1 is 0.962 bits per heavy atom. The highest BCUT2D eigenvalue weighted by Gasteiger charge is 2.10. The van der Waals surface area contributed by atoms with Gasteiger partial charge in [-0.25, -0.2) is 8.42 Å². The van der Waals surface area contributed by atoms with E-state index in [-0.39, 0.29) is 17.6 Å². The number of carbonyl (C=O) groups is 2. The normalized spacial score (nSPS) is 11.0. The molecule has 26 heavy (non-hydrogen) atoms. The van der Waals surface area contributed by atoms with E-state index in [9.17, 15) is 18.0 Å². The van der Waals surface area contributed by atoms with Crippen LogP contribution in [0.15, 0.2) is 48.5 Å². The van der Waals surface area contributed by atoms with Gasteiger partial charge in [0.15, 0.2) is 9.84 Å². The number of amides is 2. The summed E-state index contributed by atoms with van der Waals surface area (Å²) >= 11 is 0. The molecule has 1 N–H and O–H groups in total. The Morgan fingerprint density at radius 3 is 2.19 bits per heavy atom. The van der Waals surface area contributed by atoms with Crippen LogP contribution in [0, 0.1) is 0 Å². The fourth-order valence-corrected chi connectivity index (χ4v) is 3.20. The second-order valence-electron chi connectivity index (χ2n) is 6.35. The highest BCUT2D eigenvalue weighted by atomic mass is 32.2. The van der Waals surface area contributed by atoms with Crippen LogP contribution in [0.5, 0.6) is 0 Å². The summed E-state index contributed by atoms with van der Waals surface area (Å²) < 4.78 is 22.8. The molecule has 0 aliphatic heterocycles. The lowest BCUT2D eigenvalue weighted by Crippen LogP contribution is -2.23. The molecule has 0 unspecified atom stereocenters. The molecule has 0 spiro atoms. The van der Waals surface area contributed by atoms with E-state index in [4.69, 9.17) is 0 Å². The Kier molecular flexibility index (Phi) is 6.15. The maximum Gasteiger partial charge on any atom is 0.253 e. The SMILES string of the molecule is CN(C)C(=O)c1ccc(CNC(=O)c2cccc(CS(C)(=O)=O)c2)cc1. The van der Waals surface area contributed by atoms with Gasteiger partial charge in [-0.1, -0.05) is 24.3 Å². The van der Waals surface area contributed by atoms with Gasteiger partial charge in [0.2, 0.25) is 0 Å². The van der Waals surface area contributed by atoms with Crippen molar-refractivity contribution in [2.24, 2.45) is 0 Å². The molecule has 0 saturated heterocycles. The first kappa shape index (κ1) is 19.7. The Labute approximate surface area is 153 Å². The van der Waals surface area contributed by atoms with Gasteiger partial charge in [0, 0.05) is 38.0 Å². The fourth-order valence-electron chi connectivity index (χ4n) is 2.41. The van der Waals surface area contributed by atoms with E-state index in [2.05, 4.69) is 5.32 Å². The van der Waals surface area contributed by atoms with E-state index in [1.54, 1.807) is 62.6 Å². The first-order valence-electron chi connectivity index (χ1n) is 8.01. The molecule has 2 rings (SSSR count). The molecule has 2 amide bonds. The smallest absolute Gasteiger partial charge is 0.253 e. The first-order chi connectivity index (χ1) is 12.2. The van der Waals surface area contributed by atoms with Crippen LogP contribution in [0.3, 0.4) is 0 Å². The summed E-state index contributed by atoms with van der Waals surface area (Å²) in [6.45, 7) is 0.311.